The van der Waals surface area contributed by atoms with Crippen LogP contribution >= 0.6 is 0 Å². The highest BCUT2D eigenvalue weighted by atomic mass is 16.2. The predicted molar refractivity (Wildman–Crippen MR) is 127 cm³/mol. The largest absolute Gasteiger partial charge is 0.328 e. The summed E-state index contributed by atoms with van der Waals surface area (Å²) in [7, 11) is 2.15. The van der Waals surface area contributed by atoms with E-state index >= 15 is 0 Å². The number of benzene rings is 2. The summed E-state index contributed by atoms with van der Waals surface area (Å²) in [6.07, 6.45) is 6.32. The van der Waals surface area contributed by atoms with Crippen LogP contribution in [-0.4, -0.2) is 33.4 Å². The average molecular weight is 435 g/mol. The molecule has 168 valence electrons. The Bertz CT molecular complexity index is 1240. The van der Waals surface area contributed by atoms with Crippen LogP contribution in [0.15, 0.2) is 52.1 Å². The minimum atomic E-state index is -0.473. The molecule has 1 aliphatic carbocycles. The quantitative estimate of drug-likeness (QED) is 0.619. The van der Waals surface area contributed by atoms with Gasteiger partial charge < -0.3 is 10.3 Å². The fraction of sp³-hybridized carbons (Fsp3) is 0.400. The Labute approximate surface area is 187 Å². The lowest BCUT2D eigenvalue weighted by Crippen LogP contribution is -2.34. The molecule has 0 aliphatic heterocycles. The number of carbonyl (C=O) groups excluding carboxylic acids is 1. The van der Waals surface area contributed by atoms with Crippen LogP contribution in [0.5, 0.6) is 0 Å². The third-order valence-corrected chi connectivity index (χ3v) is 6.44. The normalized spacial score (nSPS) is 14.7. The molecule has 7 nitrogen and oxygen atoms in total. The van der Waals surface area contributed by atoms with Gasteiger partial charge in [-0.05, 0) is 56.6 Å². The number of para-hydroxylation sites is 1. The van der Waals surface area contributed by atoms with Crippen molar-refractivity contribution in [3.05, 3.63) is 74.4 Å². The molecule has 2 aromatic carbocycles. The second kappa shape index (κ2) is 9.53. The number of rotatable bonds is 6. The van der Waals surface area contributed by atoms with Gasteiger partial charge in [-0.3, -0.25) is 19.1 Å². The van der Waals surface area contributed by atoms with Crippen LogP contribution in [0, 0.1) is 0 Å². The molecule has 0 unspecified atom stereocenters. The molecule has 1 fully saturated rings. The van der Waals surface area contributed by atoms with Crippen LogP contribution in [-0.2, 0) is 13.1 Å². The fourth-order valence-electron chi connectivity index (χ4n) is 4.58. The average Bonchev–Trinajstić information content (AvgIpc) is 2.80. The van der Waals surface area contributed by atoms with E-state index in [0.717, 1.165) is 22.4 Å². The second-order valence-electron chi connectivity index (χ2n) is 8.56. The van der Waals surface area contributed by atoms with Crippen LogP contribution in [0.1, 0.15) is 54.9 Å². The van der Waals surface area contributed by atoms with Crippen LogP contribution in [0.3, 0.4) is 0 Å². The summed E-state index contributed by atoms with van der Waals surface area (Å²) in [6.45, 7) is 2.80. The molecule has 4 rings (SSSR count). The molecule has 0 atom stereocenters. The van der Waals surface area contributed by atoms with Crippen LogP contribution in [0.25, 0.3) is 10.9 Å². The molecule has 7 heteroatoms. The maximum atomic E-state index is 13.0. The molecule has 1 aromatic heterocycles. The monoisotopic (exact) mass is 434 g/mol. The lowest BCUT2D eigenvalue weighted by Gasteiger charge is -2.31. The van der Waals surface area contributed by atoms with Gasteiger partial charge >= 0.3 is 5.69 Å². The zero-order valence-corrected chi connectivity index (χ0v) is 18.7. The van der Waals surface area contributed by atoms with Crippen molar-refractivity contribution in [2.24, 2.45) is 0 Å². The molecular formula is C25H30N4O3. The fourth-order valence-corrected chi connectivity index (χ4v) is 4.58. The Morgan fingerprint density at radius 3 is 2.62 bits per heavy atom. The van der Waals surface area contributed by atoms with Crippen molar-refractivity contribution >= 4 is 22.5 Å². The Morgan fingerprint density at radius 2 is 1.88 bits per heavy atom. The van der Waals surface area contributed by atoms with Crippen molar-refractivity contribution < 1.29 is 4.79 Å². The van der Waals surface area contributed by atoms with Gasteiger partial charge in [0.05, 0.1) is 10.9 Å². The van der Waals surface area contributed by atoms with Crippen molar-refractivity contribution in [1.29, 1.82) is 0 Å². The molecule has 1 aliphatic rings. The van der Waals surface area contributed by atoms with Crippen LogP contribution < -0.4 is 16.6 Å². The number of anilines is 1. The maximum Gasteiger partial charge on any atom is 0.328 e. The van der Waals surface area contributed by atoms with Gasteiger partial charge in [0.1, 0.15) is 0 Å². The van der Waals surface area contributed by atoms with Gasteiger partial charge in [-0.15, -0.1) is 0 Å². The smallest absolute Gasteiger partial charge is 0.322 e. The molecule has 32 heavy (non-hydrogen) atoms. The van der Waals surface area contributed by atoms with Crippen molar-refractivity contribution in [3.63, 3.8) is 0 Å². The summed E-state index contributed by atoms with van der Waals surface area (Å²) in [5, 5.41) is 3.40. The van der Waals surface area contributed by atoms with Gasteiger partial charge in [-0.25, -0.2) is 4.79 Å². The highest BCUT2D eigenvalue weighted by molar-refractivity contribution is 6.06. The summed E-state index contributed by atoms with van der Waals surface area (Å²) in [5.74, 6) is -0.278. The Hall–Kier alpha value is -3.19. The number of nitrogens with zero attached hydrogens (tertiary/aromatic N) is 2. The maximum absolute atomic E-state index is 13.0. The number of fused-ring (bicyclic) bond motifs is 1. The topological polar surface area (TPSA) is 87.2 Å². The summed E-state index contributed by atoms with van der Waals surface area (Å²) >= 11 is 0. The Balaban J connectivity index is 1.56. The number of aromatic nitrogens is 2. The second-order valence-corrected chi connectivity index (χ2v) is 8.56. The summed E-state index contributed by atoms with van der Waals surface area (Å²) in [6, 6.07) is 13.2. The Kier molecular flexibility index (Phi) is 6.55. The summed E-state index contributed by atoms with van der Waals surface area (Å²) in [5.41, 5.74) is 1.76. The number of amides is 1. The first kappa shape index (κ1) is 22.0. The predicted octanol–water partition coefficient (Wildman–Crippen LogP) is 3.73. The molecule has 1 amide bonds. The molecule has 1 heterocycles. The van der Waals surface area contributed by atoms with Crippen LogP contribution in [0.4, 0.5) is 5.69 Å². The molecule has 3 aromatic rings. The van der Waals surface area contributed by atoms with Gasteiger partial charge in [-0.2, -0.15) is 0 Å². The zero-order chi connectivity index (χ0) is 22.7. The minimum absolute atomic E-state index is 0.278. The highest BCUT2D eigenvalue weighted by Gasteiger charge is 2.19. The number of nitrogens with one attached hydrogen (secondary N) is 2. The van der Waals surface area contributed by atoms with E-state index in [1.807, 2.05) is 24.3 Å². The number of H-pyrrole nitrogens is 1. The lowest BCUT2D eigenvalue weighted by molar-refractivity contribution is 0.102. The van der Waals surface area contributed by atoms with Crippen molar-refractivity contribution in [2.45, 2.75) is 58.2 Å². The van der Waals surface area contributed by atoms with Gasteiger partial charge in [0.15, 0.2) is 0 Å². The van der Waals surface area contributed by atoms with Gasteiger partial charge in [-0.1, -0.05) is 37.5 Å². The lowest BCUT2D eigenvalue weighted by atomic mass is 9.94. The number of aromatic amines is 1. The van der Waals surface area contributed by atoms with Crippen LogP contribution in [0.2, 0.25) is 0 Å². The van der Waals surface area contributed by atoms with Crippen molar-refractivity contribution in [1.82, 2.24) is 14.5 Å². The highest BCUT2D eigenvalue weighted by Crippen LogP contribution is 2.25. The summed E-state index contributed by atoms with van der Waals surface area (Å²) in [4.78, 5) is 42.7. The first-order chi connectivity index (χ1) is 15.5. The van der Waals surface area contributed by atoms with E-state index in [-0.39, 0.29) is 11.5 Å². The van der Waals surface area contributed by atoms with Gasteiger partial charge in [0.25, 0.3) is 11.5 Å². The molecule has 0 bridgehead atoms. The number of hydrogen-bond donors (Lipinski definition) is 2. The van der Waals surface area contributed by atoms with Gasteiger partial charge in [0.2, 0.25) is 0 Å². The molecule has 2 N–H and O–H groups in total. The Morgan fingerprint density at radius 1 is 1.12 bits per heavy atom. The molecule has 0 saturated heterocycles. The molecule has 0 radical (unpaired) electrons. The number of carbonyl (C=O) groups is 1. The third-order valence-electron chi connectivity index (χ3n) is 6.44. The van der Waals surface area contributed by atoms with Gasteiger partial charge in [0, 0.05) is 30.4 Å². The minimum Gasteiger partial charge on any atom is -0.322 e. The third kappa shape index (κ3) is 4.53. The van der Waals surface area contributed by atoms with E-state index < -0.39 is 5.69 Å². The number of hydrogen-bond acceptors (Lipinski definition) is 4. The van der Waals surface area contributed by atoms with E-state index in [1.54, 1.807) is 25.1 Å². The summed E-state index contributed by atoms with van der Waals surface area (Å²) < 4.78 is 1.14. The molecule has 0 spiro atoms. The van der Waals surface area contributed by atoms with E-state index in [1.165, 1.54) is 32.1 Å². The molecule has 1 saturated carbocycles. The van der Waals surface area contributed by atoms with E-state index in [9.17, 15) is 14.4 Å². The van der Waals surface area contributed by atoms with E-state index in [4.69, 9.17) is 0 Å². The zero-order valence-electron chi connectivity index (χ0n) is 18.7. The van der Waals surface area contributed by atoms with Crippen molar-refractivity contribution in [3.8, 4) is 0 Å². The van der Waals surface area contributed by atoms with E-state index in [2.05, 4.69) is 22.2 Å². The standard InChI is InChI=1S/C25H30N4O3/c1-3-29-24(31)20-14-13-17(15-22(20)27-25(29)32)23(30)26-21-12-8-7-9-18(21)16-28(2)19-10-5-4-6-11-19/h7-9,12-15,19H,3-6,10-11,16H2,1-2H3,(H,26,30)(H,27,32). The first-order valence-corrected chi connectivity index (χ1v) is 11.3. The van der Waals surface area contributed by atoms with Crippen molar-refractivity contribution in [2.75, 3.05) is 12.4 Å². The SMILES string of the molecule is CCn1c(=O)[nH]c2cc(C(=O)Nc3ccccc3CN(C)C3CCCCC3)ccc2c1=O. The first-order valence-electron chi connectivity index (χ1n) is 11.3. The molecular weight excluding hydrogens is 404 g/mol. The van der Waals surface area contributed by atoms with E-state index in [0.29, 0.717) is 29.1 Å².